The summed E-state index contributed by atoms with van der Waals surface area (Å²) < 4.78 is 10.9. The predicted octanol–water partition coefficient (Wildman–Crippen LogP) is 0.894. The average Bonchev–Trinajstić information content (AvgIpc) is 2.35. The van der Waals surface area contributed by atoms with E-state index in [1.807, 2.05) is 12.1 Å². The molecular weight excluding hydrogens is 210 g/mol. The smallest absolute Gasteiger partial charge is 0.288 e. The maximum absolute atomic E-state index is 11.5. The van der Waals surface area contributed by atoms with Crippen LogP contribution in [0.25, 0.3) is 0 Å². The Balaban J connectivity index is 1.99. The van der Waals surface area contributed by atoms with E-state index in [4.69, 9.17) is 14.3 Å². The topological polar surface area (TPSA) is 56.8 Å². The highest BCUT2D eigenvalue weighted by atomic mass is 16.7. The van der Waals surface area contributed by atoms with Gasteiger partial charge in [0.2, 0.25) is 6.10 Å². The van der Waals surface area contributed by atoms with Gasteiger partial charge in [-0.05, 0) is 19.1 Å². The Morgan fingerprint density at radius 2 is 2.25 bits per heavy atom. The van der Waals surface area contributed by atoms with Crippen molar-refractivity contribution in [3.05, 3.63) is 24.3 Å². The summed E-state index contributed by atoms with van der Waals surface area (Å²) in [7, 11) is 0. The zero-order valence-corrected chi connectivity index (χ0v) is 8.93. The van der Waals surface area contributed by atoms with Gasteiger partial charge in [-0.3, -0.25) is 9.63 Å². The van der Waals surface area contributed by atoms with Crippen molar-refractivity contribution in [3.63, 3.8) is 0 Å². The molecule has 0 spiro atoms. The molecule has 1 atom stereocenters. The Bertz CT molecular complexity index is 380. The first kappa shape index (κ1) is 10.8. The molecular formula is C11H13NO4. The van der Waals surface area contributed by atoms with Crippen LogP contribution in [0.5, 0.6) is 11.5 Å². The van der Waals surface area contributed by atoms with Gasteiger partial charge < -0.3 is 9.47 Å². The molecule has 1 aliphatic heterocycles. The van der Waals surface area contributed by atoms with Gasteiger partial charge in [-0.25, -0.2) is 5.48 Å². The van der Waals surface area contributed by atoms with E-state index in [9.17, 15) is 4.79 Å². The number of amides is 1. The van der Waals surface area contributed by atoms with Gasteiger partial charge in [0, 0.05) is 0 Å². The van der Waals surface area contributed by atoms with Crippen LogP contribution >= 0.6 is 0 Å². The van der Waals surface area contributed by atoms with Crippen molar-refractivity contribution >= 4 is 5.91 Å². The van der Waals surface area contributed by atoms with Crippen molar-refractivity contribution in [1.82, 2.24) is 5.48 Å². The molecule has 0 saturated heterocycles. The van der Waals surface area contributed by atoms with Gasteiger partial charge in [0.1, 0.15) is 6.61 Å². The molecule has 2 rings (SSSR count). The summed E-state index contributed by atoms with van der Waals surface area (Å²) in [5.74, 6) is 0.893. The molecule has 1 aliphatic rings. The molecule has 1 amide bonds. The molecule has 0 fully saturated rings. The van der Waals surface area contributed by atoms with Gasteiger partial charge in [-0.15, -0.1) is 0 Å². The Hall–Kier alpha value is -1.75. The highest BCUT2D eigenvalue weighted by Gasteiger charge is 2.27. The number of ether oxygens (including phenoxy) is 2. The lowest BCUT2D eigenvalue weighted by Crippen LogP contribution is -2.43. The van der Waals surface area contributed by atoms with Crippen LogP contribution in [-0.2, 0) is 9.63 Å². The fraction of sp³-hybridized carbons (Fsp3) is 0.364. The van der Waals surface area contributed by atoms with E-state index in [2.05, 4.69) is 5.48 Å². The van der Waals surface area contributed by atoms with E-state index in [0.717, 1.165) is 0 Å². The van der Waals surface area contributed by atoms with Gasteiger partial charge in [0.25, 0.3) is 5.91 Å². The van der Waals surface area contributed by atoms with Crippen molar-refractivity contribution in [2.45, 2.75) is 13.0 Å². The number of para-hydroxylation sites is 2. The third-order valence-electron chi connectivity index (χ3n) is 2.12. The van der Waals surface area contributed by atoms with Crippen molar-refractivity contribution in [2.75, 3.05) is 13.2 Å². The van der Waals surface area contributed by atoms with Crippen LogP contribution in [0.2, 0.25) is 0 Å². The second-order valence-electron chi connectivity index (χ2n) is 3.26. The molecule has 0 aliphatic carbocycles. The van der Waals surface area contributed by atoms with Crippen LogP contribution in [0.15, 0.2) is 24.3 Å². The number of hydrogen-bond donors (Lipinski definition) is 1. The highest BCUT2D eigenvalue weighted by Crippen LogP contribution is 2.30. The fourth-order valence-corrected chi connectivity index (χ4v) is 1.36. The zero-order valence-electron chi connectivity index (χ0n) is 8.93. The minimum atomic E-state index is -0.665. The largest absolute Gasteiger partial charge is 0.485 e. The maximum Gasteiger partial charge on any atom is 0.288 e. The molecule has 0 radical (unpaired) electrons. The van der Waals surface area contributed by atoms with E-state index in [-0.39, 0.29) is 12.5 Å². The molecule has 0 aromatic heterocycles. The van der Waals surface area contributed by atoms with E-state index < -0.39 is 6.10 Å². The average molecular weight is 223 g/mol. The number of fused-ring (bicyclic) bond motifs is 1. The van der Waals surface area contributed by atoms with Crippen LogP contribution < -0.4 is 15.0 Å². The minimum absolute atomic E-state index is 0.190. The van der Waals surface area contributed by atoms with E-state index >= 15 is 0 Å². The molecule has 5 heteroatoms. The number of hydroxylamine groups is 1. The Kier molecular flexibility index (Phi) is 3.26. The van der Waals surface area contributed by atoms with Gasteiger partial charge >= 0.3 is 0 Å². The highest BCUT2D eigenvalue weighted by molar-refractivity contribution is 5.80. The standard InChI is InChI=1S/C11H13NO4/c1-2-15-12-11(13)10-7-14-8-5-3-4-6-9(8)16-10/h3-6,10H,2,7H2,1H3,(H,12,13)/t10-/m0/s1. The van der Waals surface area contributed by atoms with E-state index in [1.54, 1.807) is 19.1 Å². The van der Waals surface area contributed by atoms with Crippen LogP contribution in [-0.4, -0.2) is 25.2 Å². The van der Waals surface area contributed by atoms with E-state index in [0.29, 0.717) is 18.1 Å². The summed E-state index contributed by atoms with van der Waals surface area (Å²) in [5.41, 5.74) is 2.29. The number of rotatable bonds is 3. The summed E-state index contributed by atoms with van der Waals surface area (Å²) >= 11 is 0. The first-order valence-corrected chi connectivity index (χ1v) is 5.11. The molecule has 1 aromatic rings. The molecule has 0 unspecified atom stereocenters. The molecule has 1 aromatic carbocycles. The number of carbonyl (C=O) groups is 1. The first-order chi connectivity index (χ1) is 7.81. The number of nitrogens with one attached hydrogen (secondary N) is 1. The number of hydrogen-bond acceptors (Lipinski definition) is 4. The minimum Gasteiger partial charge on any atom is -0.485 e. The summed E-state index contributed by atoms with van der Waals surface area (Å²) in [6, 6.07) is 7.23. The van der Waals surface area contributed by atoms with Gasteiger partial charge in [0.05, 0.1) is 6.61 Å². The van der Waals surface area contributed by atoms with Crippen molar-refractivity contribution in [1.29, 1.82) is 0 Å². The summed E-state index contributed by atoms with van der Waals surface area (Å²) in [5, 5.41) is 0. The third-order valence-corrected chi connectivity index (χ3v) is 2.12. The van der Waals surface area contributed by atoms with E-state index in [1.165, 1.54) is 0 Å². The van der Waals surface area contributed by atoms with Crippen LogP contribution in [0.1, 0.15) is 6.92 Å². The monoisotopic (exact) mass is 223 g/mol. The van der Waals surface area contributed by atoms with Gasteiger partial charge in [0.15, 0.2) is 11.5 Å². The second-order valence-corrected chi connectivity index (χ2v) is 3.26. The van der Waals surface area contributed by atoms with Crippen molar-refractivity contribution in [3.8, 4) is 11.5 Å². The zero-order chi connectivity index (χ0) is 11.4. The Morgan fingerprint density at radius 3 is 3.00 bits per heavy atom. The molecule has 1 N–H and O–H groups in total. The molecule has 5 nitrogen and oxygen atoms in total. The molecule has 0 bridgehead atoms. The number of benzene rings is 1. The predicted molar refractivity (Wildman–Crippen MR) is 56.1 cm³/mol. The Morgan fingerprint density at radius 1 is 1.50 bits per heavy atom. The molecule has 1 heterocycles. The van der Waals surface area contributed by atoms with Gasteiger partial charge in [-0.2, -0.15) is 0 Å². The normalized spacial score (nSPS) is 17.9. The first-order valence-electron chi connectivity index (χ1n) is 5.11. The lowest BCUT2D eigenvalue weighted by molar-refractivity contribution is -0.142. The maximum atomic E-state index is 11.5. The van der Waals surface area contributed by atoms with Crippen LogP contribution in [0.4, 0.5) is 0 Å². The summed E-state index contributed by atoms with van der Waals surface area (Å²) in [6.07, 6.45) is -0.665. The molecule has 0 saturated carbocycles. The van der Waals surface area contributed by atoms with Gasteiger partial charge in [-0.1, -0.05) is 12.1 Å². The summed E-state index contributed by atoms with van der Waals surface area (Å²) in [4.78, 5) is 16.3. The molecule has 86 valence electrons. The lowest BCUT2D eigenvalue weighted by Gasteiger charge is -2.25. The number of carbonyl (C=O) groups excluding carboxylic acids is 1. The molecule has 16 heavy (non-hydrogen) atoms. The van der Waals surface area contributed by atoms with Crippen molar-refractivity contribution < 1.29 is 19.1 Å². The second kappa shape index (κ2) is 4.85. The van der Waals surface area contributed by atoms with Crippen LogP contribution in [0.3, 0.4) is 0 Å². The lowest BCUT2D eigenvalue weighted by atomic mass is 10.2. The quantitative estimate of drug-likeness (QED) is 0.773. The van der Waals surface area contributed by atoms with Crippen molar-refractivity contribution in [2.24, 2.45) is 0 Å². The SMILES string of the molecule is CCONC(=O)[C@@H]1COc2ccccc2O1. The van der Waals surface area contributed by atoms with Crippen LogP contribution in [0, 0.1) is 0 Å². The fourth-order valence-electron chi connectivity index (χ4n) is 1.36. The Labute approximate surface area is 93.3 Å². The summed E-state index contributed by atoms with van der Waals surface area (Å²) in [6.45, 7) is 2.39. The third kappa shape index (κ3) is 2.25.